The molecule has 0 saturated carbocycles. The summed E-state index contributed by atoms with van der Waals surface area (Å²) >= 11 is 0. The summed E-state index contributed by atoms with van der Waals surface area (Å²) in [6.07, 6.45) is 1.59. The third-order valence-corrected chi connectivity index (χ3v) is 2.63. The van der Waals surface area contributed by atoms with E-state index in [0.717, 1.165) is 0 Å². The number of rotatable bonds is 5. The largest absolute Gasteiger partial charge is 0.375 e. The molecular weight excluding hydrogens is 270 g/mol. The Hall–Kier alpha value is -2.73. The molecule has 1 aromatic carbocycles. The van der Waals surface area contributed by atoms with E-state index < -0.39 is 0 Å². The van der Waals surface area contributed by atoms with Gasteiger partial charge < -0.3 is 15.4 Å². The van der Waals surface area contributed by atoms with E-state index in [2.05, 4.69) is 15.6 Å². The molecule has 0 saturated heterocycles. The summed E-state index contributed by atoms with van der Waals surface area (Å²) in [5, 5.41) is 5.30. The molecule has 0 atom stereocenters. The Labute approximate surface area is 122 Å². The third-order valence-electron chi connectivity index (χ3n) is 2.63. The molecule has 0 aliphatic heterocycles. The van der Waals surface area contributed by atoms with Gasteiger partial charge >= 0.3 is 0 Å². The lowest BCUT2D eigenvalue weighted by Crippen LogP contribution is -2.21. The second-order valence-electron chi connectivity index (χ2n) is 4.20. The highest BCUT2D eigenvalue weighted by Gasteiger charge is 2.13. The van der Waals surface area contributed by atoms with Gasteiger partial charge in [0.05, 0.1) is 11.3 Å². The predicted octanol–water partition coefficient (Wildman–Crippen LogP) is 1.92. The van der Waals surface area contributed by atoms with Crippen LogP contribution in [0.5, 0.6) is 0 Å². The normalized spacial score (nSPS) is 9.95. The smallest absolute Gasteiger partial charge is 0.258 e. The van der Waals surface area contributed by atoms with Gasteiger partial charge in [0, 0.05) is 13.3 Å². The molecule has 0 fully saturated rings. The van der Waals surface area contributed by atoms with Gasteiger partial charge in [-0.3, -0.25) is 9.59 Å². The molecule has 21 heavy (non-hydrogen) atoms. The maximum atomic E-state index is 12.2. The SMILES string of the molecule is COCC(=O)Nc1ccccc1C(=O)Nc1ccccn1. The number of pyridine rings is 1. The lowest BCUT2D eigenvalue weighted by Gasteiger charge is -2.10. The van der Waals surface area contributed by atoms with Gasteiger partial charge in [-0.2, -0.15) is 0 Å². The molecular formula is C15H15N3O3. The Morgan fingerprint density at radius 2 is 1.86 bits per heavy atom. The van der Waals surface area contributed by atoms with Crippen molar-refractivity contribution in [1.82, 2.24) is 4.98 Å². The van der Waals surface area contributed by atoms with Crippen molar-refractivity contribution in [2.75, 3.05) is 24.4 Å². The second-order valence-corrected chi connectivity index (χ2v) is 4.20. The van der Waals surface area contributed by atoms with Gasteiger partial charge in [0.15, 0.2) is 0 Å². The molecule has 1 aromatic heterocycles. The van der Waals surface area contributed by atoms with E-state index in [-0.39, 0.29) is 18.4 Å². The summed E-state index contributed by atoms with van der Waals surface area (Å²) < 4.78 is 4.75. The highest BCUT2D eigenvalue weighted by atomic mass is 16.5. The number of carbonyl (C=O) groups excluding carboxylic acids is 2. The van der Waals surface area contributed by atoms with Crippen molar-refractivity contribution in [1.29, 1.82) is 0 Å². The van der Waals surface area contributed by atoms with E-state index >= 15 is 0 Å². The summed E-state index contributed by atoms with van der Waals surface area (Å²) in [6, 6.07) is 12.0. The average molecular weight is 285 g/mol. The second kappa shape index (κ2) is 7.16. The molecule has 6 nitrogen and oxygen atoms in total. The molecule has 6 heteroatoms. The van der Waals surface area contributed by atoms with Crippen molar-refractivity contribution in [2.24, 2.45) is 0 Å². The zero-order chi connectivity index (χ0) is 15.1. The Morgan fingerprint density at radius 1 is 1.10 bits per heavy atom. The van der Waals surface area contributed by atoms with Crippen LogP contribution in [0.1, 0.15) is 10.4 Å². The van der Waals surface area contributed by atoms with Gasteiger partial charge in [0.25, 0.3) is 5.91 Å². The van der Waals surface area contributed by atoms with Crippen LogP contribution < -0.4 is 10.6 Å². The van der Waals surface area contributed by atoms with Crippen molar-refractivity contribution in [3.63, 3.8) is 0 Å². The van der Waals surface area contributed by atoms with Crippen molar-refractivity contribution >= 4 is 23.3 Å². The fourth-order valence-electron chi connectivity index (χ4n) is 1.73. The third kappa shape index (κ3) is 4.12. The van der Waals surface area contributed by atoms with Crippen LogP contribution in [0.2, 0.25) is 0 Å². The zero-order valence-corrected chi connectivity index (χ0v) is 11.5. The highest BCUT2D eigenvalue weighted by molar-refractivity contribution is 6.09. The Kier molecular flexibility index (Phi) is 5.00. The molecule has 0 unspecified atom stereocenters. The van der Waals surface area contributed by atoms with Gasteiger partial charge in [0.2, 0.25) is 5.91 Å². The Bertz CT molecular complexity index is 629. The van der Waals surface area contributed by atoms with Crippen molar-refractivity contribution in [2.45, 2.75) is 0 Å². The zero-order valence-electron chi connectivity index (χ0n) is 11.5. The van der Waals surface area contributed by atoms with Crippen LogP contribution in [-0.4, -0.2) is 30.5 Å². The van der Waals surface area contributed by atoms with Crippen LogP contribution in [0.4, 0.5) is 11.5 Å². The molecule has 0 aliphatic carbocycles. The number of benzene rings is 1. The number of hydrogen-bond donors (Lipinski definition) is 2. The number of ether oxygens (including phenoxy) is 1. The van der Waals surface area contributed by atoms with Gasteiger partial charge in [0.1, 0.15) is 12.4 Å². The molecule has 0 radical (unpaired) electrons. The van der Waals surface area contributed by atoms with E-state index in [1.54, 1.807) is 48.7 Å². The molecule has 0 spiro atoms. The van der Waals surface area contributed by atoms with E-state index in [4.69, 9.17) is 4.74 Å². The van der Waals surface area contributed by atoms with E-state index in [0.29, 0.717) is 17.1 Å². The van der Waals surface area contributed by atoms with Gasteiger partial charge in [-0.25, -0.2) is 4.98 Å². The van der Waals surface area contributed by atoms with Gasteiger partial charge in [-0.1, -0.05) is 18.2 Å². The first-order valence-corrected chi connectivity index (χ1v) is 6.31. The van der Waals surface area contributed by atoms with E-state index in [9.17, 15) is 9.59 Å². The topological polar surface area (TPSA) is 80.3 Å². The Balaban J connectivity index is 2.15. The van der Waals surface area contributed by atoms with Crippen molar-refractivity contribution < 1.29 is 14.3 Å². The fourth-order valence-corrected chi connectivity index (χ4v) is 1.73. The van der Waals surface area contributed by atoms with Crippen LogP contribution in [0.15, 0.2) is 48.7 Å². The van der Waals surface area contributed by atoms with Crippen LogP contribution in [-0.2, 0) is 9.53 Å². The Morgan fingerprint density at radius 3 is 2.57 bits per heavy atom. The summed E-state index contributed by atoms with van der Waals surface area (Å²) in [4.78, 5) is 27.8. The molecule has 0 bridgehead atoms. The monoisotopic (exact) mass is 285 g/mol. The number of methoxy groups -OCH3 is 1. The lowest BCUT2D eigenvalue weighted by atomic mass is 10.1. The maximum absolute atomic E-state index is 12.2. The van der Waals surface area contributed by atoms with Crippen LogP contribution >= 0.6 is 0 Å². The molecule has 1 heterocycles. The van der Waals surface area contributed by atoms with E-state index in [1.807, 2.05) is 0 Å². The molecule has 2 rings (SSSR count). The van der Waals surface area contributed by atoms with Gasteiger partial charge in [-0.15, -0.1) is 0 Å². The predicted molar refractivity (Wildman–Crippen MR) is 79.1 cm³/mol. The van der Waals surface area contributed by atoms with Crippen LogP contribution in [0, 0.1) is 0 Å². The van der Waals surface area contributed by atoms with Gasteiger partial charge in [-0.05, 0) is 24.3 Å². The minimum Gasteiger partial charge on any atom is -0.375 e. The van der Waals surface area contributed by atoms with Crippen LogP contribution in [0.25, 0.3) is 0 Å². The molecule has 0 aliphatic rings. The molecule has 2 N–H and O–H groups in total. The fraction of sp³-hybridized carbons (Fsp3) is 0.133. The number of nitrogens with one attached hydrogen (secondary N) is 2. The summed E-state index contributed by atoms with van der Waals surface area (Å²) in [6.45, 7) is -0.0732. The number of aromatic nitrogens is 1. The summed E-state index contributed by atoms with van der Waals surface area (Å²) in [5.41, 5.74) is 0.778. The standard InChI is InChI=1S/C15H15N3O3/c1-21-10-14(19)17-12-7-3-2-6-11(12)15(20)18-13-8-4-5-9-16-13/h2-9H,10H2,1H3,(H,17,19)(H,16,18,20). The van der Waals surface area contributed by atoms with Crippen molar-refractivity contribution in [3.05, 3.63) is 54.2 Å². The first kappa shape index (κ1) is 14.7. The first-order valence-electron chi connectivity index (χ1n) is 6.31. The minimum absolute atomic E-state index is 0.0732. The van der Waals surface area contributed by atoms with Crippen LogP contribution in [0.3, 0.4) is 0 Å². The first-order chi connectivity index (χ1) is 10.2. The number of anilines is 2. The number of para-hydroxylation sites is 1. The number of carbonyl (C=O) groups is 2. The minimum atomic E-state index is -0.345. The highest BCUT2D eigenvalue weighted by Crippen LogP contribution is 2.16. The summed E-state index contributed by atoms with van der Waals surface area (Å²) in [7, 11) is 1.43. The number of nitrogens with zero attached hydrogens (tertiary/aromatic N) is 1. The summed E-state index contributed by atoms with van der Waals surface area (Å²) in [5.74, 6) is -0.224. The number of hydrogen-bond acceptors (Lipinski definition) is 4. The number of amides is 2. The van der Waals surface area contributed by atoms with E-state index in [1.165, 1.54) is 7.11 Å². The molecule has 2 amide bonds. The molecule has 2 aromatic rings. The maximum Gasteiger partial charge on any atom is 0.258 e. The molecule has 108 valence electrons. The van der Waals surface area contributed by atoms with Crippen molar-refractivity contribution in [3.8, 4) is 0 Å². The average Bonchev–Trinajstić information content (AvgIpc) is 2.49. The quantitative estimate of drug-likeness (QED) is 0.879. The lowest BCUT2D eigenvalue weighted by molar-refractivity contribution is -0.119.